The number of carbonyl (C=O) groups is 1. The normalized spacial score (nSPS) is 13.8. The van der Waals surface area contributed by atoms with Crippen molar-refractivity contribution in [1.29, 1.82) is 0 Å². The molecule has 1 aliphatic carbocycles. The highest BCUT2D eigenvalue weighted by atomic mass is 35.5. The minimum Gasteiger partial charge on any atom is -0.325 e. The van der Waals surface area contributed by atoms with Gasteiger partial charge in [-0.2, -0.15) is 0 Å². The Morgan fingerprint density at radius 1 is 1.38 bits per heavy atom. The van der Waals surface area contributed by atoms with Gasteiger partial charge < -0.3 is 5.32 Å². The van der Waals surface area contributed by atoms with Gasteiger partial charge in [0.05, 0.1) is 10.6 Å². The predicted octanol–water partition coefficient (Wildman–Crippen LogP) is 5.03. The second-order valence-electron chi connectivity index (χ2n) is 6.19. The Bertz CT molecular complexity index is 935. The molecule has 5 nitrogen and oxygen atoms in total. The summed E-state index contributed by atoms with van der Waals surface area (Å²) in [6.07, 6.45) is 2.27. The van der Waals surface area contributed by atoms with Gasteiger partial charge >= 0.3 is 0 Å². The third-order valence-electron chi connectivity index (χ3n) is 4.11. The lowest BCUT2D eigenvalue weighted by Crippen LogP contribution is -2.14. The van der Waals surface area contributed by atoms with Crippen LogP contribution in [0.4, 0.5) is 5.69 Å². The molecule has 1 amide bonds. The Balaban J connectivity index is 1.44. The largest absolute Gasteiger partial charge is 0.325 e. The number of carbonyl (C=O) groups excluding carboxylic acids is 1. The number of benzene rings is 1. The van der Waals surface area contributed by atoms with Crippen LogP contribution < -0.4 is 5.32 Å². The van der Waals surface area contributed by atoms with Gasteiger partial charge in [-0.05, 0) is 48.9 Å². The SMILES string of the molecule is Cc1ccc(NC(=O)CSc2nnc(-c3cccs3)n2C2CC2)cc1Cl. The summed E-state index contributed by atoms with van der Waals surface area (Å²) in [6.45, 7) is 1.93. The van der Waals surface area contributed by atoms with Crippen molar-refractivity contribution in [2.45, 2.75) is 31.0 Å². The summed E-state index contributed by atoms with van der Waals surface area (Å²) in [6, 6.07) is 10.0. The van der Waals surface area contributed by atoms with Crippen LogP contribution in [0.2, 0.25) is 5.02 Å². The molecule has 134 valence electrons. The van der Waals surface area contributed by atoms with Gasteiger partial charge in [-0.1, -0.05) is 35.5 Å². The van der Waals surface area contributed by atoms with Crippen molar-refractivity contribution in [2.75, 3.05) is 11.1 Å². The number of thiophene rings is 1. The summed E-state index contributed by atoms with van der Waals surface area (Å²) in [5.41, 5.74) is 1.69. The first kappa shape index (κ1) is 17.6. The first-order chi connectivity index (χ1) is 12.6. The number of hydrogen-bond acceptors (Lipinski definition) is 5. The summed E-state index contributed by atoms with van der Waals surface area (Å²) in [5.74, 6) is 1.09. The second-order valence-corrected chi connectivity index (χ2v) is 8.48. The van der Waals surface area contributed by atoms with Crippen LogP contribution in [0, 0.1) is 6.92 Å². The minimum absolute atomic E-state index is 0.0852. The average molecular weight is 405 g/mol. The molecule has 0 bridgehead atoms. The van der Waals surface area contributed by atoms with E-state index in [0.717, 1.165) is 34.3 Å². The molecule has 8 heteroatoms. The van der Waals surface area contributed by atoms with Crippen LogP contribution >= 0.6 is 34.7 Å². The number of thioether (sulfide) groups is 1. The molecule has 1 aromatic carbocycles. The van der Waals surface area contributed by atoms with Gasteiger partial charge in [0.2, 0.25) is 5.91 Å². The maximum atomic E-state index is 12.3. The fraction of sp³-hybridized carbons (Fsp3) is 0.278. The van der Waals surface area contributed by atoms with Gasteiger partial charge in [0.1, 0.15) is 0 Å². The number of nitrogens with zero attached hydrogens (tertiary/aromatic N) is 3. The molecule has 0 unspecified atom stereocenters. The van der Waals surface area contributed by atoms with E-state index in [1.807, 2.05) is 30.5 Å². The van der Waals surface area contributed by atoms with Crippen LogP contribution in [0.3, 0.4) is 0 Å². The van der Waals surface area contributed by atoms with Gasteiger partial charge in [-0.3, -0.25) is 9.36 Å². The number of aromatic nitrogens is 3. The molecule has 4 rings (SSSR count). The molecule has 0 aliphatic heterocycles. The van der Waals surface area contributed by atoms with Crippen LogP contribution in [-0.2, 0) is 4.79 Å². The minimum atomic E-state index is -0.0852. The molecule has 0 atom stereocenters. The quantitative estimate of drug-likeness (QED) is 0.585. The molecule has 0 saturated heterocycles. The van der Waals surface area contributed by atoms with Gasteiger partial charge in [-0.25, -0.2) is 0 Å². The molecule has 1 N–H and O–H groups in total. The summed E-state index contributed by atoms with van der Waals surface area (Å²) in [4.78, 5) is 13.4. The highest BCUT2D eigenvalue weighted by Gasteiger charge is 2.30. The van der Waals surface area contributed by atoms with E-state index in [1.54, 1.807) is 17.4 Å². The predicted molar refractivity (Wildman–Crippen MR) is 107 cm³/mol. The average Bonchev–Trinajstić information content (AvgIpc) is 3.15. The third-order valence-corrected chi connectivity index (χ3v) is 6.32. The fourth-order valence-corrected chi connectivity index (χ4v) is 4.30. The number of amides is 1. The van der Waals surface area contributed by atoms with Gasteiger partial charge in [0.25, 0.3) is 0 Å². The zero-order valence-electron chi connectivity index (χ0n) is 14.1. The van der Waals surface area contributed by atoms with E-state index in [4.69, 9.17) is 11.6 Å². The van der Waals surface area contributed by atoms with Crippen molar-refractivity contribution in [3.8, 4) is 10.7 Å². The van der Waals surface area contributed by atoms with E-state index in [1.165, 1.54) is 11.8 Å². The first-order valence-electron chi connectivity index (χ1n) is 8.29. The lowest BCUT2D eigenvalue weighted by molar-refractivity contribution is -0.113. The van der Waals surface area contributed by atoms with Crippen molar-refractivity contribution >= 4 is 46.3 Å². The summed E-state index contributed by atoms with van der Waals surface area (Å²) >= 11 is 9.18. The molecular formula is C18H17ClN4OS2. The van der Waals surface area contributed by atoms with E-state index in [9.17, 15) is 4.79 Å². The summed E-state index contributed by atoms with van der Waals surface area (Å²) in [7, 11) is 0. The smallest absolute Gasteiger partial charge is 0.234 e. The monoisotopic (exact) mass is 404 g/mol. The van der Waals surface area contributed by atoms with Crippen LogP contribution in [-0.4, -0.2) is 26.4 Å². The molecule has 0 spiro atoms. The Hall–Kier alpha value is -1.83. The molecule has 2 aromatic heterocycles. The highest BCUT2D eigenvalue weighted by molar-refractivity contribution is 7.99. The maximum Gasteiger partial charge on any atom is 0.234 e. The van der Waals surface area contributed by atoms with Crippen molar-refractivity contribution in [3.05, 3.63) is 46.3 Å². The van der Waals surface area contributed by atoms with Crippen LogP contribution in [0.1, 0.15) is 24.4 Å². The molecule has 0 radical (unpaired) electrons. The Morgan fingerprint density at radius 2 is 2.23 bits per heavy atom. The molecule has 1 fully saturated rings. The number of rotatable bonds is 6. The standard InChI is InChI=1S/C18H17ClN4OS2/c1-11-4-5-12(9-14(11)19)20-16(24)10-26-18-22-21-17(15-3-2-8-25-15)23(18)13-6-7-13/h2-5,8-9,13H,6-7,10H2,1H3,(H,20,24). The van der Waals surface area contributed by atoms with Crippen molar-refractivity contribution < 1.29 is 4.79 Å². The van der Waals surface area contributed by atoms with Crippen molar-refractivity contribution in [2.24, 2.45) is 0 Å². The Morgan fingerprint density at radius 3 is 2.92 bits per heavy atom. The molecule has 2 heterocycles. The van der Waals surface area contributed by atoms with Crippen molar-refractivity contribution in [1.82, 2.24) is 14.8 Å². The van der Waals surface area contributed by atoms with E-state index in [2.05, 4.69) is 26.1 Å². The number of nitrogens with one attached hydrogen (secondary N) is 1. The van der Waals surface area contributed by atoms with Gasteiger partial charge in [0, 0.05) is 16.8 Å². The Labute approximate surface area is 164 Å². The van der Waals surface area contributed by atoms with Crippen LogP contribution in [0.5, 0.6) is 0 Å². The number of aryl methyl sites for hydroxylation is 1. The van der Waals surface area contributed by atoms with Crippen LogP contribution in [0.25, 0.3) is 10.7 Å². The Kier molecular flexibility index (Phi) is 5.02. The maximum absolute atomic E-state index is 12.3. The topological polar surface area (TPSA) is 59.8 Å². The molecule has 26 heavy (non-hydrogen) atoms. The lowest BCUT2D eigenvalue weighted by atomic mass is 10.2. The molecule has 1 saturated carbocycles. The van der Waals surface area contributed by atoms with Gasteiger partial charge in [0.15, 0.2) is 11.0 Å². The van der Waals surface area contributed by atoms with E-state index in [0.29, 0.717) is 16.8 Å². The van der Waals surface area contributed by atoms with Crippen molar-refractivity contribution in [3.63, 3.8) is 0 Å². The molecule has 3 aromatic rings. The van der Waals surface area contributed by atoms with E-state index < -0.39 is 0 Å². The van der Waals surface area contributed by atoms with Crippen LogP contribution in [0.15, 0.2) is 40.9 Å². The zero-order valence-corrected chi connectivity index (χ0v) is 16.5. The third kappa shape index (κ3) is 3.79. The van der Waals surface area contributed by atoms with E-state index >= 15 is 0 Å². The fourth-order valence-electron chi connectivity index (χ4n) is 2.61. The zero-order chi connectivity index (χ0) is 18.1. The first-order valence-corrected chi connectivity index (χ1v) is 10.5. The number of anilines is 1. The summed E-state index contributed by atoms with van der Waals surface area (Å²) in [5, 5.41) is 15.0. The molecular weight excluding hydrogens is 388 g/mol. The second kappa shape index (κ2) is 7.42. The number of hydrogen-bond donors (Lipinski definition) is 1. The molecule has 1 aliphatic rings. The summed E-state index contributed by atoms with van der Waals surface area (Å²) < 4.78 is 2.17. The van der Waals surface area contributed by atoms with E-state index in [-0.39, 0.29) is 11.7 Å². The number of halogens is 1. The highest BCUT2D eigenvalue weighted by Crippen LogP contribution is 2.41. The van der Waals surface area contributed by atoms with Gasteiger partial charge in [-0.15, -0.1) is 21.5 Å². The lowest BCUT2D eigenvalue weighted by Gasteiger charge is -2.09.